The van der Waals surface area contributed by atoms with E-state index in [4.69, 9.17) is 4.74 Å². The first kappa shape index (κ1) is 68.0. The monoisotopic (exact) mass is 1150 g/mol. The minimum Gasteiger partial charge on any atom is -0.508 e. The maximum absolute atomic E-state index is 14.4. The Labute approximate surface area is 473 Å². The highest BCUT2D eigenvalue weighted by Gasteiger charge is 2.50. The zero-order chi connectivity index (χ0) is 60.3. The number of hydrogen-bond acceptors (Lipinski definition) is 18. The molecule has 0 spiro atoms. The zero-order valence-electron chi connectivity index (χ0n) is 47.7. The lowest BCUT2D eigenvalue weighted by molar-refractivity contribution is -0.155. The molecular weight excluding hydrogens is 1060 g/mol. The molecule has 3 aliphatic rings. The summed E-state index contributed by atoms with van der Waals surface area (Å²) in [5.74, 6) is -9.17. The van der Waals surface area contributed by atoms with Gasteiger partial charge in [0.15, 0.2) is 6.23 Å². The number of carbonyl (C=O) groups is 8. The lowest BCUT2D eigenvalue weighted by atomic mass is 9.96. The number of benzene rings is 1. The van der Waals surface area contributed by atoms with E-state index in [1.807, 2.05) is 20.8 Å². The number of unbranched alkanes of at least 4 members (excludes halogenated alkanes) is 13. The minimum absolute atomic E-state index is 0.0649. The van der Waals surface area contributed by atoms with Gasteiger partial charge in [0.1, 0.15) is 65.9 Å². The lowest BCUT2D eigenvalue weighted by Crippen LogP contribution is -2.64. The van der Waals surface area contributed by atoms with Crippen LogP contribution in [0.1, 0.15) is 169 Å². The first-order chi connectivity index (χ1) is 38.1. The van der Waals surface area contributed by atoms with Crippen LogP contribution in [-0.4, -0.2) is 201 Å². The topological polar surface area (TPSA) is 394 Å². The van der Waals surface area contributed by atoms with Crippen molar-refractivity contribution in [3.05, 3.63) is 29.8 Å². The van der Waals surface area contributed by atoms with Crippen LogP contribution >= 0.6 is 0 Å². The fourth-order valence-corrected chi connectivity index (χ4v) is 10.4. The maximum Gasteiger partial charge on any atom is 0.306 e. The van der Waals surface area contributed by atoms with Crippen LogP contribution in [0, 0.1) is 5.92 Å². The molecule has 25 heteroatoms. The number of carbonyl (C=O) groups excluding carboxylic acids is 8. The highest BCUT2D eigenvalue weighted by Crippen LogP contribution is 2.28. The summed E-state index contributed by atoms with van der Waals surface area (Å²) in [5, 5.41) is 111. The van der Waals surface area contributed by atoms with Gasteiger partial charge in [0.05, 0.1) is 24.4 Å². The molecule has 458 valence electrons. The molecule has 7 amide bonds. The van der Waals surface area contributed by atoms with E-state index >= 15 is 0 Å². The molecule has 15 atom stereocenters. The van der Waals surface area contributed by atoms with Crippen molar-refractivity contribution in [2.75, 3.05) is 13.1 Å². The van der Waals surface area contributed by atoms with Gasteiger partial charge in [-0.2, -0.15) is 0 Å². The Bertz CT molecular complexity index is 2230. The second kappa shape index (κ2) is 32.3. The van der Waals surface area contributed by atoms with Gasteiger partial charge in [0.2, 0.25) is 41.4 Å². The summed E-state index contributed by atoms with van der Waals surface area (Å²) < 4.78 is 5.35. The fourth-order valence-electron chi connectivity index (χ4n) is 10.4. The number of aliphatic hydroxyl groups excluding tert-OH is 8. The highest BCUT2D eigenvalue weighted by molar-refractivity contribution is 5.98. The number of aliphatic hydroxyl groups is 8. The first-order valence-corrected chi connectivity index (χ1v) is 28.7. The summed E-state index contributed by atoms with van der Waals surface area (Å²) in [6, 6.07) is -6.66. The molecule has 3 heterocycles. The molecule has 4 rings (SSSR count). The Kier molecular flexibility index (Phi) is 27.1. The number of amides is 7. The van der Waals surface area contributed by atoms with Crippen LogP contribution in [0.3, 0.4) is 0 Å². The quantitative estimate of drug-likeness (QED) is 0.0482. The third-order valence-electron chi connectivity index (χ3n) is 15.0. The van der Waals surface area contributed by atoms with E-state index < -0.39 is 157 Å². The van der Waals surface area contributed by atoms with E-state index in [0.717, 1.165) is 113 Å². The van der Waals surface area contributed by atoms with Crippen molar-refractivity contribution in [2.24, 2.45) is 5.92 Å². The van der Waals surface area contributed by atoms with E-state index in [-0.39, 0.29) is 30.2 Å². The number of phenolic OH excluding ortho intramolecular Hbond substituents is 1. The largest absolute Gasteiger partial charge is 0.508 e. The minimum atomic E-state index is -2.28. The standard InChI is InChI=1S/C56H91N7O18/c1-31-29-63-45(46(31)71)53(78)61-51(76)39(68)28-37(57-40(69)21-19-17-15-13-11-9-7-8-10-12-14-16-18-20-22-41(70)81-56(4,5)6)49(74)58-42(32(2)64)54(79)62-30-36(67)27-38(62)50(75)60-44(52(77)59-43(33(3)65)55(63)80)48(73)47(72)34-23-25-35(66)26-24-34/h23-26,31-33,36-39,42-48,51,64-68,71-73,76H,7-22,27-30H2,1-6H3,(H,57,69)(H,58,74)(H,59,77)(H,60,75)(H,61,78)/t31-,32+,33+,36+,37-,38-,39+,42-,43-,44-,45-,46-,47-,48-,51+/m0/s1. The molecule has 14 N–H and O–H groups in total. The van der Waals surface area contributed by atoms with Gasteiger partial charge in [0, 0.05) is 44.7 Å². The summed E-state index contributed by atoms with van der Waals surface area (Å²) in [6.45, 7) is 8.36. The third-order valence-corrected chi connectivity index (χ3v) is 15.0. The second-order valence-corrected chi connectivity index (χ2v) is 23.2. The number of ether oxygens (including phenoxy) is 1. The maximum atomic E-state index is 14.4. The number of hydrogen-bond donors (Lipinski definition) is 14. The van der Waals surface area contributed by atoms with Gasteiger partial charge in [-0.1, -0.05) is 96.1 Å². The van der Waals surface area contributed by atoms with E-state index in [1.165, 1.54) is 19.1 Å². The normalized spacial score (nSPS) is 28.0. The predicted octanol–water partition coefficient (Wildman–Crippen LogP) is -0.561. The van der Waals surface area contributed by atoms with Crippen molar-refractivity contribution in [3.63, 3.8) is 0 Å². The van der Waals surface area contributed by atoms with Crippen molar-refractivity contribution in [1.82, 2.24) is 36.4 Å². The fraction of sp³-hybridized carbons (Fsp3) is 0.750. The molecule has 0 saturated carbocycles. The Morgan fingerprint density at radius 3 is 1.63 bits per heavy atom. The zero-order valence-corrected chi connectivity index (χ0v) is 47.7. The third kappa shape index (κ3) is 21.0. The van der Waals surface area contributed by atoms with Gasteiger partial charge in [-0.3, -0.25) is 38.4 Å². The number of nitrogens with zero attached hydrogens (tertiary/aromatic N) is 2. The van der Waals surface area contributed by atoms with Gasteiger partial charge < -0.3 is 87.1 Å². The van der Waals surface area contributed by atoms with Crippen LogP contribution < -0.4 is 26.6 Å². The summed E-state index contributed by atoms with van der Waals surface area (Å²) in [6.07, 6.45) is -2.51. The Hall–Kier alpha value is -5.54. The Morgan fingerprint density at radius 2 is 1.11 bits per heavy atom. The molecule has 3 fully saturated rings. The van der Waals surface area contributed by atoms with E-state index in [2.05, 4.69) is 26.6 Å². The molecule has 0 bridgehead atoms. The van der Waals surface area contributed by atoms with Crippen LogP contribution in [0.4, 0.5) is 0 Å². The van der Waals surface area contributed by atoms with Crippen molar-refractivity contribution < 1.29 is 89.1 Å². The Balaban J connectivity index is 1.49. The molecule has 3 aliphatic heterocycles. The molecule has 1 aromatic carbocycles. The molecule has 0 unspecified atom stereocenters. The average Bonchev–Trinajstić information content (AvgIpc) is 4.05. The molecular formula is C56H91N7O18. The molecule has 0 aliphatic carbocycles. The number of aromatic hydroxyl groups is 1. The van der Waals surface area contributed by atoms with Crippen LogP contribution in [0.25, 0.3) is 0 Å². The molecule has 1 aromatic rings. The number of esters is 1. The second-order valence-electron chi connectivity index (χ2n) is 23.2. The van der Waals surface area contributed by atoms with E-state index in [9.17, 15) is 84.3 Å². The SMILES string of the molecule is C[C@@H](O)[C@@H]1NC(=O)[C@H]([C@H](O)[C@@H](O)c2ccc(O)cc2)NC(=O)[C@@H]2C[C@@H](O)CN2C(=O)[C@H]([C@@H](C)O)NC(=O)[C@@H](NC(=O)CCCCCCCCCCCCCCCCC(=O)OC(C)(C)C)C[C@@H](O)[C@@H](O)NC(=O)[C@@H]2[C@@H](O)[C@@H](C)CN2C1=O. The molecule has 0 radical (unpaired) electrons. The van der Waals surface area contributed by atoms with E-state index in [0.29, 0.717) is 19.3 Å². The summed E-state index contributed by atoms with van der Waals surface area (Å²) in [5.41, 5.74) is -0.532. The van der Waals surface area contributed by atoms with Crippen LogP contribution in [-0.2, 0) is 43.1 Å². The summed E-state index contributed by atoms with van der Waals surface area (Å²) in [4.78, 5) is 112. The van der Waals surface area contributed by atoms with Gasteiger partial charge in [-0.25, -0.2) is 0 Å². The molecule has 81 heavy (non-hydrogen) atoms. The van der Waals surface area contributed by atoms with E-state index in [1.54, 1.807) is 0 Å². The lowest BCUT2D eigenvalue weighted by Gasteiger charge is -2.34. The molecule has 0 aromatic heterocycles. The predicted molar refractivity (Wildman–Crippen MR) is 291 cm³/mol. The van der Waals surface area contributed by atoms with Gasteiger partial charge >= 0.3 is 5.97 Å². The number of rotatable bonds is 23. The number of phenols is 1. The van der Waals surface area contributed by atoms with Crippen LogP contribution in [0.5, 0.6) is 5.75 Å². The highest BCUT2D eigenvalue weighted by atomic mass is 16.6. The first-order valence-electron chi connectivity index (χ1n) is 28.7. The van der Waals surface area contributed by atoms with Gasteiger partial charge in [0.25, 0.3) is 0 Å². The smallest absolute Gasteiger partial charge is 0.306 e. The van der Waals surface area contributed by atoms with Gasteiger partial charge in [-0.05, 0) is 65.2 Å². The van der Waals surface area contributed by atoms with Crippen molar-refractivity contribution in [2.45, 2.75) is 248 Å². The van der Waals surface area contributed by atoms with Crippen molar-refractivity contribution in [1.29, 1.82) is 0 Å². The molecule has 3 saturated heterocycles. The average molecular weight is 1150 g/mol. The van der Waals surface area contributed by atoms with Crippen molar-refractivity contribution in [3.8, 4) is 5.75 Å². The van der Waals surface area contributed by atoms with Gasteiger partial charge in [-0.15, -0.1) is 0 Å². The van der Waals surface area contributed by atoms with Crippen molar-refractivity contribution >= 4 is 47.3 Å². The Morgan fingerprint density at radius 1 is 0.630 bits per heavy atom. The number of fused-ring (bicyclic) bond motifs is 2. The molecule has 25 nitrogen and oxygen atoms in total. The van der Waals surface area contributed by atoms with Crippen LogP contribution in [0.2, 0.25) is 0 Å². The summed E-state index contributed by atoms with van der Waals surface area (Å²) in [7, 11) is 0. The number of nitrogens with one attached hydrogen (secondary N) is 5. The summed E-state index contributed by atoms with van der Waals surface area (Å²) >= 11 is 0. The van der Waals surface area contributed by atoms with Crippen LogP contribution in [0.15, 0.2) is 24.3 Å².